The number of rotatable bonds is 0. The molecule has 0 aliphatic rings. The van der Waals surface area contributed by atoms with E-state index >= 15 is 0 Å². The molecule has 112 valence electrons. The predicted molar refractivity (Wildman–Crippen MR) is 50.0 cm³/mol. The van der Waals surface area contributed by atoms with Crippen molar-refractivity contribution >= 4 is 23.5 Å². The normalized spacial score (nSPS) is 10.4. The van der Waals surface area contributed by atoms with Crippen molar-refractivity contribution in [1.29, 1.82) is 0 Å². The van der Waals surface area contributed by atoms with Gasteiger partial charge in [0.05, 0.1) is 0 Å². The van der Waals surface area contributed by atoms with E-state index in [2.05, 4.69) is 0 Å². The fourth-order valence-electron chi connectivity index (χ4n) is 0. The van der Waals surface area contributed by atoms with Gasteiger partial charge < -0.3 is 55.0 Å². The molecule has 0 unspecified atom stereocenters. The Labute approximate surface area is 93.1 Å². The third-order valence-corrected chi connectivity index (χ3v) is 0. The van der Waals surface area contributed by atoms with Crippen molar-refractivity contribution in [3.63, 3.8) is 0 Å². The molecule has 0 radical (unpaired) electrons. The van der Waals surface area contributed by atoms with Crippen molar-refractivity contribution < 1.29 is 68.7 Å². The van der Waals surface area contributed by atoms with Gasteiger partial charge in [-0.25, -0.2) is 13.7 Å². The van der Waals surface area contributed by atoms with Gasteiger partial charge in [-0.2, -0.15) is 0 Å². The summed E-state index contributed by atoms with van der Waals surface area (Å²) < 4.78 is 26.6. The Hall–Kier alpha value is 0.250. The molecule has 0 aromatic heterocycles. The lowest BCUT2D eigenvalue weighted by molar-refractivity contribution is 0.272. The molecule has 14 nitrogen and oxygen atoms in total. The van der Waals surface area contributed by atoms with E-state index in [-0.39, 0.29) is 11.0 Å². The van der Waals surface area contributed by atoms with E-state index in [1.54, 1.807) is 0 Å². The standard InChI is InChI=1S/3H3O4P.2H2O/c3*1-5(2,3)4;;/h3*(H3,1,2,3,4);2*1H2. The molecule has 0 heterocycles. The fourth-order valence-corrected chi connectivity index (χ4v) is 0. The molecule has 0 amide bonds. The molecule has 0 fully saturated rings. The molecular weight excluding hydrogens is 317 g/mol. The smallest absolute Gasteiger partial charge is 0.412 e. The molecule has 17 heavy (non-hydrogen) atoms. The van der Waals surface area contributed by atoms with Gasteiger partial charge in [0.15, 0.2) is 0 Å². The molecule has 0 aliphatic heterocycles. The van der Waals surface area contributed by atoms with Gasteiger partial charge in [0.1, 0.15) is 0 Å². The van der Waals surface area contributed by atoms with E-state index in [1.165, 1.54) is 0 Å². The summed E-state index contributed by atoms with van der Waals surface area (Å²) in [4.78, 5) is 64.7. The topological polar surface area (TPSA) is 296 Å². The van der Waals surface area contributed by atoms with Crippen molar-refractivity contribution in [3.8, 4) is 0 Å². The predicted octanol–water partition coefficient (Wildman–Crippen LogP) is -4.44. The minimum atomic E-state index is -4.64. The van der Waals surface area contributed by atoms with Crippen LogP contribution in [0.1, 0.15) is 0 Å². The average molecular weight is 330 g/mol. The molecule has 0 aromatic carbocycles. The van der Waals surface area contributed by atoms with Crippen LogP contribution >= 0.6 is 23.5 Å². The highest BCUT2D eigenvalue weighted by atomic mass is 31.2. The molecule has 17 heteroatoms. The van der Waals surface area contributed by atoms with E-state index in [1.807, 2.05) is 0 Å². The number of hydrogen-bond acceptors (Lipinski definition) is 3. The third kappa shape index (κ3) is 52800. The molecule has 0 saturated carbocycles. The first-order chi connectivity index (χ1) is 6.00. The van der Waals surface area contributed by atoms with E-state index in [4.69, 9.17) is 57.7 Å². The Morgan fingerprint density at radius 2 is 0.412 bits per heavy atom. The maximum atomic E-state index is 8.88. The summed E-state index contributed by atoms with van der Waals surface area (Å²) in [5, 5.41) is 0. The zero-order valence-corrected chi connectivity index (χ0v) is 10.3. The zero-order valence-electron chi connectivity index (χ0n) is 7.59. The highest BCUT2D eigenvalue weighted by Gasteiger charge is 2.01. The highest BCUT2D eigenvalue weighted by molar-refractivity contribution is 7.45. The molecular formula is H13O14P3. The summed E-state index contributed by atoms with van der Waals surface area (Å²) in [6.07, 6.45) is 0. The van der Waals surface area contributed by atoms with Crippen molar-refractivity contribution in [2.75, 3.05) is 0 Å². The van der Waals surface area contributed by atoms with Crippen molar-refractivity contribution in [3.05, 3.63) is 0 Å². The van der Waals surface area contributed by atoms with Crippen LogP contribution in [-0.2, 0) is 13.7 Å². The van der Waals surface area contributed by atoms with Crippen LogP contribution in [0.5, 0.6) is 0 Å². The van der Waals surface area contributed by atoms with E-state index in [0.29, 0.717) is 0 Å². The Morgan fingerprint density at radius 1 is 0.412 bits per heavy atom. The Balaban J connectivity index is -0.0000000400. The van der Waals surface area contributed by atoms with Crippen molar-refractivity contribution in [2.45, 2.75) is 0 Å². The van der Waals surface area contributed by atoms with Gasteiger partial charge in [-0.15, -0.1) is 0 Å². The molecule has 13 N–H and O–H groups in total. The summed E-state index contributed by atoms with van der Waals surface area (Å²) in [5.74, 6) is 0. The molecule has 0 bridgehead atoms. The van der Waals surface area contributed by atoms with E-state index in [0.717, 1.165) is 0 Å². The van der Waals surface area contributed by atoms with Crippen molar-refractivity contribution in [2.24, 2.45) is 0 Å². The van der Waals surface area contributed by atoms with Gasteiger partial charge in [-0.05, 0) is 0 Å². The van der Waals surface area contributed by atoms with Gasteiger partial charge in [0.25, 0.3) is 0 Å². The number of hydrogen-bond donors (Lipinski definition) is 9. The molecule has 0 saturated heterocycles. The molecule has 0 atom stereocenters. The lowest BCUT2D eigenvalue weighted by Gasteiger charge is -1.82. The quantitative estimate of drug-likeness (QED) is 0.190. The first-order valence-electron chi connectivity index (χ1n) is 2.35. The summed E-state index contributed by atoms with van der Waals surface area (Å²) in [7, 11) is -13.9. The van der Waals surface area contributed by atoms with Crippen LogP contribution in [0.15, 0.2) is 0 Å². The summed E-state index contributed by atoms with van der Waals surface area (Å²) >= 11 is 0. The third-order valence-electron chi connectivity index (χ3n) is 0. The van der Waals surface area contributed by atoms with Crippen LogP contribution in [0, 0.1) is 0 Å². The monoisotopic (exact) mass is 330 g/mol. The fraction of sp³-hybridized carbons (Fsp3) is 0. The highest BCUT2D eigenvalue weighted by Crippen LogP contribution is 2.26. The Morgan fingerprint density at radius 3 is 0.412 bits per heavy atom. The summed E-state index contributed by atoms with van der Waals surface area (Å²) in [6.45, 7) is 0. The van der Waals surface area contributed by atoms with Gasteiger partial charge in [-0.1, -0.05) is 0 Å². The molecule has 0 aromatic rings. The van der Waals surface area contributed by atoms with Crippen LogP contribution in [0.2, 0.25) is 0 Å². The minimum Gasteiger partial charge on any atom is -0.412 e. The second-order valence-corrected chi connectivity index (χ2v) is 4.62. The van der Waals surface area contributed by atoms with Gasteiger partial charge in [0, 0.05) is 0 Å². The van der Waals surface area contributed by atoms with Crippen LogP contribution < -0.4 is 0 Å². The average Bonchev–Trinajstić information content (AvgIpc) is 1.41. The van der Waals surface area contributed by atoms with Crippen LogP contribution in [0.4, 0.5) is 0 Å². The summed E-state index contributed by atoms with van der Waals surface area (Å²) in [6, 6.07) is 0. The second kappa shape index (κ2) is 11.3. The largest absolute Gasteiger partial charge is 0.466 e. The SMILES string of the molecule is O.O.O=P(O)(O)O.O=P(O)(O)O.O=P(O)(O)O. The van der Waals surface area contributed by atoms with Gasteiger partial charge >= 0.3 is 23.5 Å². The number of phosphoric acid groups is 3. The summed E-state index contributed by atoms with van der Waals surface area (Å²) in [5.41, 5.74) is 0. The Kier molecular flexibility index (Phi) is 20.3. The van der Waals surface area contributed by atoms with Crippen LogP contribution in [-0.4, -0.2) is 55.0 Å². The van der Waals surface area contributed by atoms with Crippen LogP contribution in [0.25, 0.3) is 0 Å². The Bertz CT molecular complexity index is 197. The van der Waals surface area contributed by atoms with Crippen LogP contribution in [0.3, 0.4) is 0 Å². The van der Waals surface area contributed by atoms with Gasteiger partial charge in [-0.3, -0.25) is 0 Å². The first-order valence-corrected chi connectivity index (χ1v) is 7.04. The minimum absolute atomic E-state index is 0. The molecule has 0 aliphatic carbocycles. The maximum absolute atomic E-state index is 8.88. The lowest BCUT2D eigenvalue weighted by atomic mass is 15.8. The molecule has 0 rings (SSSR count). The van der Waals surface area contributed by atoms with E-state index in [9.17, 15) is 0 Å². The zero-order chi connectivity index (χ0) is 13.5. The first kappa shape index (κ1) is 30.4. The lowest BCUT2D eigenvalue weighted by Crippen LogP contribution is -1.66. The maximum Gasteiger partial charge on any atom is 0.466 e. The second-order valence-electron chi connectivity index (χ2n) is 1.54. The van der Waals surface area contributed by atoms with E-state index < -0.39 is 23.5 Å². The molecule has 0 spiro atoms. The van der Waals surface area contributed by atoms with Gasteiger partial charge in [0.2, 0.25) is 0 Å². The van der Waals surface area contributed by atoms with Crippen molar-refractivity contribution in [1.82, 2.24) is 0 Å².